The lowest BCUT2D eigenvalue weighted by molar-refractivity contribution is -0.161. The van der Waals surface area contributed by atoms with Crippen LogP contribution in [-0.2, 0) is 32.4 Å². The van der Waals surface area contributed by atoms with E-state index in [1.165, 1.54) is 17.4 Å². The van der Waals surface area contributed by atoms with E-state index in [2.05, 4.69) is 29.2 Å². The summed E-state index contributed by atoms with van der Waals surface area (Å²) >= 11 is 0. The Labute approximate surface area is 282 Å². The number of esters is 1. The number of nitrogens with zero attached hydrogens (tertiary/aromatic N) is 2. The summed E-state index contributed by atoms with van der Waals surface area (Å²) in [6.45, 7) is 1.94. The van der Waals surface area contributed by atoms with Gasteiger partial charge in [-0.2, -0.15) is 8.42 Å². The highest BCUT2D eigenvalue weighted by atomic mass is 32.2. The van der Waals surface area contributed by atoms with E-state index in [1.54, 1.807) is 30.3 Å². The number of aliphatic hydroxyl groups is 1. The summed E-state index contributed by atoms with van der Waals surface area (Å²) in [4.78, 5) is 18.3. The lowest BCUT2D eigenvalue weighted by Crippen LogP contribution is -2.42. The van der Waals surface area contributed by atoms with E-state index in [0.717, 1.165) is 16.5 Å². The van der Waals surface area contributed by atoms with Crippen LogP contribution in [0.15, 0.2) is 138 Å². The average molecular weight is 661 g/mol. The third-order valence-corrected chi connectivity index (χ3v) is 11.0. The molecule has 8 heteroatoms. The Morgan fingerprint density at radius 2 is 1.46 bits per heavy atom. The number of aromatic nitrogens is 1. The maximum Gasteiger partial charge on any atom is 0.338 e. The van der Waals surface area contributed by atoms with Gasteiger partial charge in [-0.05, 0) is 79.1 Å². The quantitative estimate of drug-likeness (QED) is 0.135. The average Bonchev–Trinajstić information content (AvgIpc) is 3.12. The first-order valence-corrected chi connectivity index (χ1v) is 17.8. The standard InChI is InChI=1S/C40H40N2O5S/c1-3-34(32-18-12-19-33(27-32)42(2)48(45,46)37-22-21-31-17-10-11-20-35(31)41-37)38-36(43)28-40(47-39(38)44,25-23-29-13-6-4-7-14-29)26-24-30-15-8-5-9-16-30/h4-22,27,34,43H,3,23-26,28H2,1-2H3. The van der Waals surface area contributed by atoms with Crippen molar-refractivity contribution in [3.8, 4) is 0 Å². The van der Waals surface area contributed by atoms with Crippen LogP contribution in [0.1, 0.15) is 55.2 Å². The molecule has 0 amide bonds. The Balaban J connectivity index is 1.28. The molecule has 0 bridgehead atoms. The molecule has 6 rings (SSSR count). The molecule has 1 aliphatic heterocycles. The third-order valence-electron chi connectivity index (χ3n) is 9.34. The van der Waals surface area contributed by atoms with Crippen molar-refractivity contribution in [2.45, 2.75) is 62.0 Å². The smallest absolute Gasteiger partial charge is 0.338 e. The fourth-order valence-electron chi connectivity index (χ4n) is 6.60. The number of carbonyl (C=O) groups excluding carboxylic acids is 1. The normalized spacial score (nSPS) is 15.2. The van der Waals surface area contributed by atoms with Gasteiger partial charge in [-0.1, -0.05) is 97.9 Å². The molecule has 48 heavy (non-hydrogen) atoms. The molecule has 1 aromatic heterocycles. The highest BCUT2D eigenvalue weighted by Crippen LogP contribution is 2.42. The van der Waals surface area contributed by atoms with Crippen molar-refractivity contribution in [1.29, 1.82) is 0 Å². The Kier molecular flexibility index (Phi) is 9.64. The van der Waals surface area contributed by atoms with Crippen LogP contribution in [0.2, 0.25) is 0 Å². The number of aryl methyl sites for hydroxylation is 2. The molecule has 0 radical (unpaired) electrons. The molecule has 1 aliphatic rings. The van der Waals surface area contributed by atoms with Crippen LogP contribution in [0.4, 0.5) is 5.69 Å². The lowest BCUT2D eigenvalue weighted by Gasteiger charge is -2.39. The molecule has 1 atom stereocenters. The largest absolute Gasteiger partial charge is 0.512 e. The number of aliphatic hydroxyl groups excluding tert-OH is 1. The monoisotopic (exact) mass is 660 g/mol. The predicted octanol–water partition coefficient (Wildman–Crippen LogP) is 8.32. The van der Waals surface area contributed by atoms with Gasteiger partial charge in [0.15, 0.2) is 5.03 Å². The second kappa shape index (κ2) is 14.0. The van der Waals surface area contributed by atoms with Crippen LogP contribution < -0.4 is 4.31 Å². The highest BCUT2D eigenvalue weighted by molar-refractivity contribution is 7.92. The maximum atomic E-state index is 13.9. The second-order valence-electron chi connectivity index (χ2n) is 12.5. The van der Waals surface area contributed by atoms with Gasteiger partial charge in [0, 0.05) is 24.8 Å². The zero-order chi connectivity index (χ0) is 33.7. The van der Waals surface area contributed by atoms with Gasteiger partial charge in [-0.15, -0.1) is 0 Å². The molecule has 0 saturated carbocycles. The van der Waals surface area contributed by atoms with Crippen molar-refractivity contribution >= 4 is 32.6 Å². The van der Waals surface area contributed by atoms with Crippen molar-refractivity contribution in [3.05, 3.63) is 149 Å². The molecule has 1 N–H and O–H groups in total. The lowest BCUT2D eigenvalue weighted by atomic mass is 9.79. The van der Waals surface area contributed by atoms with Crippen molar-refractivity contribution < 1.29 is 23.1 Å². The van der Waals surface area contributed by atoms with Crippen LogP contribution in [0.3, 0.4) is 0 Å². The molecule has 7 nitrogen and oxygen atoms in total. The number of para-hydroxylation sites is 1. The number of pyridine rings is 1. The fourth-order valence-corrected chi connectivity index (χ4v) is 7.73. The first kappa shape index (κ1) is 33.0. The summed E-state index contributed by atoms with van der Waals surface area (Å²) < 4.78 is 34.9. The topological polar surface area (TPSA) is 96.8 Å². The molecule has 4 aromatic carbocycles. The second-order valence-corrected chi connectivity index (χ2v) is 14.4. The SMILES string of the molecule is CCC(C1=C(O)CC(CCc2ccccc2)(CCc2ccccc2)OC1=O)c1cccc(N(C)S(=O)(=O)c2ccc3ccccc3n2)c1. The summed E-state index contributed by atoms with van der Waals surface area (Å²) in [7, 11) is -2.49. The van der Waals surface area contributed by atoms with Gasteiger partial charge in [-0.3, -0.25) is 4.31 Å². The molecule has 0 fully saturated rings. The van der Waals surface area contributed by atoms with Crippen LogP contribution in [0, 0.1) is 0 Å². The minimum absolute atomic E-state index is 0.0333. The first-order chi connectivity index (χ1) is 23.2. The summed E-state index contributed by atoms with van der Waals surface area (Å²) in [5.41, 5.74) is 3.37. The van der Waals surface area contributed by atoms with Gasteiger partial charge in [0.25, 0.3) is 10.0 Å². The molecule has 0 saturated heterocycles. The van der Waals surface area contributed by atoms with E-state index in [9.17, 15) is 18.3 Å². The van der Waals surface area contributed by atoms with Crippen LogP contribution >= 0.6 is 0 Å². The van der Waals surface area contributed by atoms with Gasteiger partial charge >= 0.3 is 5.97 Å². The number of benzene rings is 4. The maximum absolute atomic E-state index is 13.9. The van der Waals surface area contributed by atoms with Gasteiger partial charge in [0.2, 0.25) is 0 Å². The van der Waals surface area contributed by atoms with Crippen LogP contribution in [0.5, 0.6) is 0 Å². The molecule has 0 aliphatic carbocycles. The number of hydrogen-bond donors (Lipinski definition) is 1. The molecular weight excluding hydrogens is 621 g/mol. The van der Waals surface area contributed by atoms with Gasteiger partial charge in [-0.25, -0.2) is 9.78 Å². The number of cyclic esters (lactones) is 1. The third kappa shape index (κ3) is 6.99. The van der Waals surface area contributed by atoms with E-state index in [4.69, 9.17) is 4.74 Å². The summed E-state index contributed by atoms with van der Waals surface area (Å²) in [5, 5.41) is 12.4. The Bertz CT molecular complexity index is 2000. The van der Waals surface area contributed by atoms with Crippen molar-refractivity contribution in [1.82, 2.24) is 4.98 Å². The summed E-state index contributed by atoms with van der Waals surface area (Å²) in [6, 6.07) is 37.9. The predicted molar refractivity (Wildman–Crippen MR) is 189 cm³/mol. The zero-order valence-corrected chi connectivity index (χ0v) is 28.1. The number of carbonyl (C=O) groups is 1. The summed E-state index contributed by atoms with van der Waals surface area (Å²) in [6.07, 6.45) is 3.28. The van der Waals surface area contributed by atoms with E-state index in [0.29, 0.717) is 48.9 Å². The molecule has 0 spiro atoms. The Morgan fingerprint density at radius 1 is 0.833 bits per heavy atom. The molecule has 1 unspecified atom stereocenters. The Morgan fingerprint density at radius 3 is 2.08 bits per heavy atom. The van der Waals surface area contributed by atoms with Crippen LogP contribution in [0.25, 0.3) is 10.9 Å². The molecule has 5 aromatic rings. The van der Waals surface area contributed by atoms with Crippen LogP contribution in [-0.4, -0.2) is 37.1 Å². The minimum Gasteiger partial charge on any atom is -0.512 e. The molecule has 2 heterocycles. The zero-order valence-electron chi connectivity index (χ0n) is 27.2. The number of sulfonamides is 1. The van der Waals surface area contributed by atoms with E-state index in [1.807, 2.05) is 67.6 Å². The molecular formula is C40H40N2O5S. The summed E-state index contributed by atoms with van der Waals surface area (Å²) in [5.74, 6) is -0.988. The minimum atomic E-state index is -3.98. The highest BCUT2D eigenvalue weighted by Gasteiger charge is 2.43. The van der Waals surface area contributed by atoms with Gasteiger partial charge < -0.3 is 9.84 Å². The number of hydrogen-bond acceptors (Lipinski definition) is 6. The number of ether oxygens (including phenoxy) is 1. The van der Waals surface area contributed by atoms with Gasteiger partial charge in [0.05, 0.1) is 16.8 Å². The van der Waals surface area contributed by atoms with E-state index in [-0.39, 0.29) is 22.8 Å². The van der Waals surface area contributed by atoms with Crippen molar-refractivity contribution in [2.24, 2.45) is 0 Å². The number of anilines is 1. The van der Waals surface area contributed by atoms with E-state index < -0.39 is 27.5 Å². The van der Waals surface area contributed by atoms with Crippen molar-refractivity contribution in [3.63, 3.8) is 0 Å². The van der Waals surface area contributed by atoms with Gasteiger partial charge in [0.1, 0.15) is 11.4 Å². The first-order valence-electron chi connectivity index (χ1n) is 16.4. The van der Waals surface area contributed by atoms with E-state index >= 15 is 0 Å². The Hall–Kier alpha value is -4.95. The number of rotatable bonds is 12. The fraction of sp³-hybridized carbons (Fsp3) is 0.250. The molecule has 246 valence electrons. The van der Waals surface area contributed by atoms with Crippen molar-refractivity contribution in [2.75, 3.05) is 11.4 Å². The number of fused-ring (bicyclic) bond motifs is 1.